The Morgan fingerprint density at radius 1 is 1.08 bits per heavy atom. The number of nitrogens with one attached hydrogen (secondary N) is 1. The molecule has 1 saturated heterocycles. The fourth-order valence-corrected chi connectivity index (χ4v) is 3.53. The Morgan fingerprint density at radius 2 is 1.73 bits per heavy atom. The minimum Gasteiger partial charge on any atom is -0.504 e. The molecule has 0 atom stereocenters. The highest BCUT2D eigenvalue weighted by atomic mass is 16.7. The van der Waals surface area contributed by atoms with E-state index in [0.29, 0.717) is 16.6 Å². The van der Waals surface area contributed by atoms with Crippen LogP contribution in [0, 0.1) is 0 Å². The highest BCUT2D eigenvalue weighted by Gasteiger charge is 2.52. The molecule has 9 nitrogen and oxygen atoms in total. The molecular weight excluding hydrogens is 477 g/mol. The van der Waals surface area contributed by atoms with Crippen LogP contribution in [0.3, 0.4) is 0 Å². The number of benzene rings is 2. The van der Waals surface area contributed by atoms with Crippen molar-refractivity contribution < 1.29 is 38.6 Å². The molecule has 2 aromatic carbocycles. The van der Waals surface area contributed by atoms with Crippen LogP contribution in [0.15, 0.2) is 54.0 Å². The number of phenolic OH excluding ortho intramolecular Hbond substituents is 1. The fraction of sp³-hybridized carbons (Fsp3) is 0.333. The number of hydrogen-bond acceptors (Lipinski definition) is 7. The highest BCUT2D eigenvalue weighted by molar-refractivity contribution is 6.56. The summed E-state index contributed by atoms with van der Waals surface area (Å²) in [5.41, 5.74) is 0.891. The second kappa shape index (κ2) is 11.5. The Bertz CT molecular complexity index is 1170. The van der Waals surface area contributed by atoms with Crippen LogP contribution >= 0.6 is 0 Å². The fourth-order valence-electron chi connectivity index (χ4n) is 3.53. The lowest BCUT2D eigenvalue weighted by atomic mass is 9.76. The van der Waals surface area contributed by atoms with Crippen molar-refractivity contribution in [2.75, 3.05) is 13.7 Å². The number of carbonyl (C=O) groups excluding carboxylic acids is 1. The third kappa shape index (κ3) is 7.15. The summed E-state index contributed by atoms with van der Waals surface area (Å²) in [5, 5.41) is 22.5. The molecule has 1 aliphatic rings. The van der Waals surface area contributed by atoms with E-state index in [1.165, 1.54) is 19.3 Å². The molecule has 0 saturated carbocycles. The normalized spacial score (nSPS) is 16.6. The van der Waals surface area contributed by atoms with E-state index in [2.05, 4.69) is 5.32 Å². The van der Waals surface area contributed by atoms with Crippen LogP contribution in [0.25, 0.3) is 12.2 Å². The summed E-state index contributed by atoms with van der Waals surface area (Å²) in [4.78, 5) is 23.4. The minimum atomic E-state index is -1.11. The van der Waals surface area contributed by atoms with Crippen LogP contribution in [0.2, 0.25) is 0 Å². The Kier molecular flexibility index (Phi) is 8.67. The van der Waals surface area contributed by atoms with Gasteiger partial charge in [0.1, 0.15) is 6.61 Å². The lowest BCUT2D eigenvalue weighted by Crippen LogP contribution is -2.41. The standard InChI is InChI=1S/C27H32BNO8/c1-26(2)27(3,4)37-28(36-26)21(16-29-25(33)35-17-18-9-7-6-8-10-18)15-20-13-19(11-12-23(30)31)14-22(34-5)24(20)32/h6-15,32H,16-17H2,1-5H3,(H,29,33)(H,30,31). The minimum absolute atomic E-state index is 0.00139. The van der Waals surface area contributed by atoms with Gasteiger partial charge in [-0.25, -0.2) is 9.59 Å². The topological polar surface area (TPSA) is 124 Å². The van der Waals surface area contributed by atoms with Crippen LogP contribution in [0.1, 0.15) is 44.4 Å². The molecule has 1 fully saturated rings. The first-order valence-electron chi connectivity index (χ1n) is 11.7. The maximum absolute atomic E-state index is 12.4. The average Bonchev–Trinajstić information content (AvgIpc) is 3.07. The summed E-state index contributed by atoms with van der Waals surface area (Å²) in [7, 11) is 0.565. The number of ether oxygens (including phenoxy) is 2. The SMILES string of the molecule is COc1cc(C=CC(=O)O)cc(C=C(CNC(=O)OCc2ccccc2)B2OC(C)(C)C(C)(C)O2)c1O. The summed E-state index contributed by atoms with van der Waals surface area (Å²) in [6.07, 6.45) is 3.36. The van der Waals surface area contributed by atoms with E-state index in [9.17, 15) is 14.7 Å². The zero-order valence-corrected chi connectivity index (χ0v) is 21.6. The van der Waals surface area contributed by atoms with Crippen LogP contribution in [0.5, 0.6) is 11.5 Å². The summed E-state index contributed by atoms with van der Waals surface area (Å²) < 4.78 is 22.9. The van der Waals surface area contributed by atoms with Crippen LogP contribution in [-0.4, -0.2) is 54.3 Å². The summed E-state index contributed by atoms with van der Waals surface area (Å²) in [6.45, 7) is 7.74. The number of aromatic hydroxyl groups is 1. The second-order valence-corrected chi connectivity index (χ2v) is 9.56. The monoisotopic (exact) mass is 509 g/mol. The van der Waals surface area contributed by atoms with Gasteiger partial charge in [-0.1, -0.05) is 36.4 Å². The molecular formula is C27H32BNO8. The van der Waals surface area contributed by atoms with Gasteiger partial charge in [-0.15, -0.1) is 0 Å². The molecule has 0 radical (unpaired) electrons. The number of alkyl carbamates (subject to hydrolysis) is 1. The van der Waals surface area contributed by atoms with Gasteiger partial charge in [-0.05, 0) is 62.5 Å². The molecule has 196 valence electrons. The third-order valence-corrected chi connectivity index (χ3v) is 6.31. The van der Waals surface area contributed by atoms with Gasteiger partial charge in [0.05, 0.1) is 18.3 Å². The molecule has 1 amide bonds. The number of hydrogen-bond donors (Lipinski definition) is 3. The number of rotatable bonds is 9. The maximum atomic E-state index is 12.4. The molecule has 0 spiro atoms. The first-order chi connectivity index (χ1) is 17.4. The number of phenols is 1. The van der Waals surface area contributed by atoms with Gasteiger partial charge in [0.15, 0.2) is 11.5 Å². The van der Waals surface area contributed by atoms with Crippen LogP contribution in [-0.2, 0) is 25.4 Å². The second-order valence-electron chi connectivity index (χ2n) is 9.56. The lowest BCUT2D eigenvalue weighted by Gasteiger charge is -2.32. The maximum Gasteiger partial charge on any atom is 0.492 e. The number of aliphatic carboxylic acids is 1. The predicted molar refractivity (Wildman–Crippen MR) is 140 cm³/mol. The van der Waals surface area contributed by atoms with E-state index >= 15 is 0 Å². The van der Waals surface area contributed by atoms with E-state index in [1.54, 1.807) is 12.1 Å². The third-order valence-electron chi connectivity index (χ3n) is 6.31. The molecule has 10 heteroatoms. The van der Waals surface area contributed by atoms with Crippen molar-refractivity contribution in [2.24, 2.45) is 0 Å². The number of carbonyl (C=O) groups is 2. The predicted octanol–water partition coefficient (Wildman–Crippen LogP) is 4.44. The first-order valence-corrected chi connectivity index (χ1v) is 11.7. The quantitative estimate of drug-likeness (QED) is 0.335. The average molecular weight is 509 g/mol. The van der Waals surface area contributed by atoms with Crippen molar-refractivity contribution in [1.82, 2.24) is 5.32 Å². The van der Waals surface area contributed by atoms with Crippen molar-refractivity contribution >= 4 is 31.3 Å². The molecule has 0 unspecified atom stereocenters. The van der Waals surface area contributed by atoms with Crippen molar-refractivity contribution in [3.63, 3.8) is 0 Å². The molecule has 2 aromatic rings. The van der Waals surface area contributed by atoms with Crippen molar-refractivity contribution in [3.8, 4) is 11.5 Å². The zero-order valence-electron chi connectivity index (χ0n) is 21.6. The molecule has 1 aliphatic heterocycles. The molecule has 0 bridgehead atoms. The summed E-state index contributed by atoms with van der Waals surface area (Å²) >= 11 is 0. The molecule has 0 aromatic heterocycles. The van der Waals surface area contributed by atoms with Crippen molar-refractivity contribution in [3.05, 3.63) is 70.7 Å². The Hall–Kier alpha value is -3.76. The molecule has 1 heterocycles. The zero-order chi connectivity index (χ0) is 27.2. The Balaban J connectivity index is 1.90. The van der Waals surface area contributed by atoms with Gasteiger partial charge >= 0.3 is 19.2 Å². The number of methoxy groups -OCH3 is 1. The van der Waals surface area contributed by atoms with Gasteiger partial charge in [-0.3, -0.25) is 0 Å². The van der Waals surface area contributed by atoms with E-state index in [1.807, 2.05) is 58.0 Å². The van der Waals surface area contributed by atoms with Crippen molar-refractivity contribution in [2.45, 2.75) is 45.5 Å². The van der Waals surface area contributed by atoms with Gasteiger partial charge in [0.25, 0.3) is 0 Å². The largest absolute Gasteiger partial charge is 0.504 e. The Morgan fingerprint density at radius 3 is 2.32 bits per heavy atom. The molecule has 3 rings (SSSR count). The molecule has 0 aliphatic carbocycles. The van der Waals surface area contributed by atoms with Gasteiger partial charge in [0.2, 0.25) is 0 Å². The van der Waals surface area contributed by atoms with Gasteiger partial charge in [-0.2, -0.15) is 0 Å². The van der Waals surface area contributed by atoms with Gasteiger partial charge < -0.3 is 34.3 Å². The van der Waals surface area contributed by atoms with Crippen LogP contribution < -0.4 is 10.1 Å². The van der Waals surface area contributed by atoms with E-state index in [4.69, 9.17) is 23.9 Å². The van der Waals surface area contributed by atoms with Gasteiger partial charge in [0, 0.05) is 18.2 Å². The highest BCUT2D eigenvalue weighted by Crippen LogP contribution is 2.40. The molecule has 3 N–H and O–H groups in total. The lowest BCUT2D eigenvalue weighted by molar-refractivity contribution is -0.131. The number of carboxylic acid groups (broad SMARTS) is 1. The summed E-state index contributed by atoms with van der Waals surface area (Å²) in [5.74, 6) is -1.11. The van der Waals surface area contributed by atoms with E-state index in [0.717, 1.165) is 11.6 Å². The molecule has 37 heavy (non-hydrogen) atoms. The van der Waals surface area contributed by atoms with Crippen molar-refractivity contribution in [1.29, 1.82) is 0 Å². The smallest absolute Gasteiger partial charge is 0.492 e. The summed E-state index contributed by atoms with van der Waals surface area (Å²) in [6, 6.07) is 12.4. The van der Waals surface area contributed by atoms with E-state index in [-0.39, 0.29) is 24.7 Å². The first kappa shape index (κ1) is 27.8. The van der Waals surface area contributed by atoms with E-state index < -0.39 is 30.4 Å². The number of carboxylic acids is 1. The van der Waals surface area contributed by atoms with Crippen LogP contribution in [0.4, 0.5) is 4.79 Å². The Labute approximate surface area is 216 Å². The number of amides is 1.